The van der Waals surface area contributed by atoms with Crippen LogP contribution in [-0.4, -0.2) is 24.3 Å². The normalized spacial score (nSPS) is 16.2. The fourth-order valence-electron chi connectivity index (χ4n) is 3.39. The molecule has 10 heteroatoms. The van der Waals surface area contributed by atoms with Crippen LogP contribution in [0.5, 0.6) is 0 Å². The van der Waals surface area contributed by atoms with Crippen molar-refractivity contribution in [2.24, 2.45) is 5.14 Å². The predicted molar refractivity (Wildman–Crippen MR) is 110 cm³/mol. The molecule has 166 valence electrons. The zero-order chi connectivity index (χ0) is 23.1. The van der Waals surface area contributed by atoms with E-state index in [4.69, 9.17) is 9.88 Å². The van der Waals surface area contributed by atoms with Gasteiger partial charge >= 0.3 is 6.18 Å². The zero-order valence-corrected chi connectivity index (χ0v) is 17.7. The summed E-state index contributed by atoms with van der Waals surface area (Å²) in [6.07, 6.45) is -3.99. The monoisotopic (exact) mass is 461 g/mol. The topological polar surface area (TPSA) is 87.2 Å². The third-order valence-electron chi connectivity index (χ3n) is 5.01. The second kappa shape index (κ2) is 8.09. The average molecular weight is 461 g/mol. The summed E-state index contributed by atoms with van der Waals surface area (Å²) in [5.41, 5.74) is 2.14. The fourth-order valence-corrected chi connectivity index (χ4v) is 3.95. The molecule has 1 aliphatic rings. The Bertz CT molecular complexity index is 1330. The molecule has 3 aromatic rings. The van der Waals surface area contributed by atoms with Gasteiger partial charge in [0.1, 0.15) is 5.69 Å². The van der Waals surface area contributed by atoms with Gasteiger partial charge in [-0.15, -0.1) is 0 Å². The van der Waals surface area contributed by atoms with E-state index in [1.165, 1.54) is 30.3 Å². The van der Waals surface area contributed by atoms with Gasteiger partial charge in [0.05, 0.1) is 34.6 Å². The number of sulfonamides is 1. The van der Waals surface area contributed by atoms with E-state index in [9.17, 15) is 21.6 Å². The van der Waals surface area contributed by atoms with Gasteiger partial charge in [0.25, 0.3) is 0 Å². The number of alkyl halides is 3. The lowest BCUT2D eigenvalue weighted by atomic mass is 10.0. The van der Waals surface area contributed by atoms with Crippen molar-refractivity contribution in [1.82, 2.24) is 9.78 Å². The van der Waals surface area contributed by atoms with Crippen LogP contribution in [0.2, 0.25) is 0 Å². The smallest absolute Gasteiger partial charge is 0.373 e. The highest BCUT2D eigenvalue weighted by Crippen LogP contribution is 2.31. The minimum absolute atomic E-state index is 0.0567. The molecule has 32 heavy (non-hydrogen) atoms. The first-order valence-electron chi connectivity index (χ1n) is 9.57. The van der Waals surface area contributed by atoms with Crippen LogP contribution in [0.3, 0.4) is 0 Å². The van der Waals surface area contributed by atoms with Crippen LogP contribution in [0, 0.1) is 11.8 Å². The molecule has 0 saturated carbocycles. The van der Waals surface area contributed by atoms with Gasteiger partial charge in [0, 0.05) is 17.5 Å². The van der Waals surface area contributed by atoms with Crippen LogP contribution < -0.4 is 5.14 Å². The molecule has 2 N–H and O–H groups in total. The highest BCUT2D eigenvalue weighted by atomic mass is 32.2. The molecule has 2 aromatic carbocycles. The van der Waals surface area contributed by atoms with Crippen LogP contribution in [0.25, 0.3) is 5.69 Å². The van der Waals surface area contributed by atoms with Gasteiger partial charge in [-0.25, -0.2) is 18.2 Å². The molecule has 0 fully saturated rings. The molecule has 0 aliphatic carbocycles. The Morgan fingerprint density at radius 1 is 1.16 bits per heavy atom. The van der Waals surface area contributed by atoms with E-state index in [1.807, 2.05) is 6.92 Å². The summed E-state index contributed by atoms with van der Waals surface area (Å²) >= 11 is 0. The molecule has 2 heterocycles. The number of benzene rings is 2. The van der Waals surface area contributed by atoms with Gasteiger partial charge in [-0.2, -0.15) is 18.3 Å². The first kappa shape index (κ1) is 22.1. The highest BCUT2D eigenvalue weighted by Gasteiger charge is 2.30. The quantitative estimate of drug-likeness (QED) is 0.593. The van der Waals surface area contributed by atoms with Crippen LogP contribution in [0.4, 0.5) is 13.2 Å². The molecular weight excluding hydrogens is 443 g/mol. The number of nitrogens with zero attached hydrogens (tertiary/aromatic N) is 2. The number of hydrogen-bond donors (Lipinski definition) is 1. The number of ether oxygens (including phenoxy) is 1. The van der Waals surface area contributed by atoms with E-state index >= 15 is 0 Å². The van der Waals surface area contributed by atoms with Crippen LogP contribution in [-0.2, 0) is 34.0 Å². The van der Waals surface area contributed by atoms with E-state index in [-0.39, 0.29) is 17.6 Å². The fraction of sp³-hybridized carbons (Fsp3) is 0.227. The summed E-state index contributed by atoms with van der Waals surface area (Å²) in [4.78, 5) is -0.0567. The van der Waals surface area contributed by atoms with Crippen LogP contribution in [0.1, 0.15) is 35.0 Å². The average Bonchev–Trinajstić information content (AvgIpc) is 3.09. The van der Waals surface area contributed by atoms with Gasteiger partial charge in [-0.1, -0.05) is 12.0 Å². The Morgan fingerprint density at radius 3 is 2.53 bits per heavy atom. The lowest BCUT2D eigenvalue weighted by Crippen LogP contribution is -2.21. The second-order valence-electron chi connectivity index (χ2n) is 7.38. The Hall–Kier alpha value is -3.13. The molecular formula is C22H18F3N3O3S. The van der Waals surface area contributed by atoms with Gasteiger partial charge in [0.2, 0.25) is 10.0 Å². The van der Waals surface area contributed by atoms with E-state index in [0.29, 0.717) is 23.4 Å². The Balaban J connectivity index is 1.75. The van der Waals surface area contributed by atoms with Crippen molar-refractivity contribution < 1.29 is 26.3 Å². The van der Waals surface area contributed by atoms with E-state index in [1.54, 1.807) is 10.7 Å². The van der Waals surface area contributed by atoms with Crippen molar-refractivity contribution in [2.75, 3.05) is 0 Å². The maximum atomic E-state index is 12.9. The van der Waals surface area contributed by atoms with Gasteiger partial charge in [-0.3, -0.25) is 0 Å². The van der Waals surface area contributed by atoms with Crippen LogP contribution in [0.15, 0.2) is 53.4 Å². The van der Waals surface area contributed by atoms with Gasteiger partial charge in [-0.05, 0) is 55.3 Å². The summed E-state index contributed by atoms with van der Waals surface area (Å²) in [5.74, 6) is 5.81. The standard InChI is InChI=1S/C22H18F3N3O3S/c1-14-11-21-19(13-31-14)20(10-5-15-3-2-4-18(12-15)32(26,29)30)27-28(21)17-8-6-16(7-9-17)22(23,24)25/h2-4,6-9,12,14H,11,13H2,1H3,(H2,26,29,30)/t14-/m0/s1. The minimum atomic E-state index is -4.42. The molecule has 1 aromatic heterocycles. The Labute approximate surface area is 182 Å². The number of rotatable bonds is 2. The van der Waals surface area contributed by atoms with Crippen molar-refractivity contribution in [1.29, 1.82) is 0 Å². The minimum Gasteiger partial charge on any atom is -0.373 e. The first-order valence-corrected chi connectivity index (χ1v) is 11.1. The lowest BCUT2D eigenvalue weighted by molar-refractivity contribution is -0.137. The predicted octanol–water partition coefficient (Wildman–Crippen LogP) is 3.40. The molecule has 0 saturated heterocycles. The van der Waals surface area contributed by atoms with E-state index in [2.05, 4.69) is 16.9 Å². The van der Waals surface area contributed by atoms with Crippen molar-refractivity contribution in [3.05, 3.63) is 76.6 Å². The summed E-state index contributed by atoms with van der Waals surface area (Å²) in [7, 11) is -3.86. The van der Waals surface area contributed by atoms with Gasteiger partial charge < -0.3 is 4.74 Å². The van der Waals surface area contributed by atoms with Crippen molar-refractivity contribution >= 4 is 10.0 Å². The number of fused-ring (bicyclic) bond motifs is 1. The Kier molecular flexibility index (Phi) is 5.58. The molecule has 6 nitrogen and oxygen atoms in total. The van der Waals surface area contributed by atoms with Gasteiger partial charge in [0.15, 0.2) is 0 Å². The first-order chi connectivity index (χ1) is 15.0. The maximum Gasteiger partial charge on any atom is 0.416 e. The maximum absolute atomic E-state index is 12.9. The summed E-state index contributed by atoms with van der Waals surface area (Å²) < 4.78 is 69.1. The highest BCUT2D eigenvalue weighted by molar-refractivity contribution is 7.89. The Morgan fingerprint density at radius 2 is 1.88 bits per heavy atom. The van der Waals surface area contributed by atoms with Crippen molar-refractivity contribution in [2.45, 2.75) is 37.1 Å². The van der Waals surface area contributed by atoms with Crippen molar-refractivity contribution in [3.8, 4) is 17.5 Å². The molecule has 0 spiro atoms. The third kappa shape index (κ3) is 4.55. The lowest BCUT2D eigenvalue weighted by Gasteiger charge is -2.21. The summed E-state index contributed by atoms with van der Waals surface area (Å²) in [5, 5.41) is 9.68. The largest absolute Gasteiger partial charge is 0.416 e. The molecule has 1 atom stereocenters. The number of aromatic nitrogens is 2. The van der Waals surface area contributed by atoms with E-state index in [0.717, 1.165) is 23.4 Å². The molecule has 0 bridgehead atoms. The number of hydrogen-bond acceptors (Lipinski definition) is 4. The number of primary sulfonamides is 1. The SMILES string of the molecule is C[C@H]1Cc2c(c(C#Cc3cccc(S(N)(=O)=O)c3)nn2-c2ccc(C(F)(F)F)cc2)CO1. The summed E-state index contributed by atoms with van der Waals surface area (Å²) in [6.45, 7) is 2.16. The molecule has 0 amide bonds. The summed E-state index contributed by atoms with van der Waals surface area (Å²) in [6, 6.07) is 10.7. The molecule has 0 unspecified atom stereocenters. The zero-order valence-electron chi connectivity index (χ0n) is 16.8. The second-order valence-corrected chi connectivity index (χ2v) is 8.94. The number of nitrogens with two attached hydrogens (primary N) is 1. The van der Waals surface area contributed by atoms with E-state index < -0.39 is 21.8 Å². The molecule has 0 radical (unpaired) electrons. The molecule has 1 aliphatic heterocycles. The number of halogens is 3. The third-order valence-corrected chi connectivity index (χ3v) is 5.92. The van der Waals surface area contributed by atoms with Crippen molar-refractivity contribution in [3.63, 3.8) is 0 Å². The van der Waals surface area contributed by atoms with Crippen LogP contribution >= 0.6 is 0 Å². The molecule has 4 rings (SSSR count).